The second-order valence-electron chi connectivity index (χ2n) is 4.88. The number of benzene rings is 1. The molecule has 0 unspecified atom stereocenters. The highest BCUT2D eigenvalue weighted by molar-refractivity contribution is 7.72. The minimum atomic E-state index is -5.42. The van der Waals surface area contributed by atoms with Crippen LogP contribution in [0.15, 0.2) is 39.4 Å². The van der Waals surface area contributed by atoms with Gasteiger partial charge in [0.05, 0.1) is 10.7 Å². The zero-order chi connectivity index (χ0) is 17.5. The van der Waals surface area contributed by atoms with Crippen LogP contribution in [0.5, 0.6) is 0 Å². The molecule has 0 saturated heterocycles. The predicted octanol–water partition coefficient (Wildman–Crippen LogP) is -1.84. The summed E-state index contributed by atoms with van der Waals surface area (Å²) in [5.74, 6) is -2.43. The molecule has 0 amide bonds. The molecule has 1 aromatic rings. The minimum Gasteiger partial charge on any atom is -0.388 e. The fraction of sp³-hybridized carbons (Fsp3) is 0.300. The Kier molecular flexibility index (Phi) is 4.23. The van der Waals surface area contributed by atoms with Gasteiger partial charge in [0.15, 0.2) is 0 Å². The molecule has 1 heterocycles. The number of rotatable bonds is 5. The molecule has 1 aromatic carbocycles. The molecule has 0 bridgehead atoms. The van der Waals surface area contributed by atoms with Gasteiger partial charge in [-0.1, -0.05) is 12.1 Å². The largest absolute Gasteiger partial charge is 0.388 e. The summed E-state index contributed by atoms with van der Waals surface area (Å²) in [6.07, 6.45) is 0.746. The number of nitrogens with one attached hydrogen (secondary N) is 1. The lowest BCUT2D eigenvalue weighted by Crippen LogP contribution is -2.56. The highest BCUT2D eigenvalue weighted by atomic mass is 31.2. The molecule has 0 atom stereocenters. The van der Waals surface area contributed by atoms with Gasteiger partial charge in [-0.3, -0.25) is 14.6 Å². The summed E-state index contributed by atoms with van der Waals surface area (Å²) in [5.41, 5.74) is 7.28. The van der Waals surface area contributed by atoms with Gasteiger partial charge in [-0.15, -0.1) is 0 Å². The van der Waals surface area contributed by atoms with Gasteiger partial charge in [-0.05, 0) is 19.1 Å². The summed E-state index contributed by atoms with van der Waals surface area (Å²) in [6, 6.07) is 6.14. The van der Waals surface area contributed by atoms with E-state index in [0.29, 0.717) is 6.92 Å². The summed E-state index contributed by atoms with van der Waals surface area (Å²) >= 11 is 0. The molecule has 126 valence electrons. The van der Waals surface area contributed by atoms with Crippen molar-refractivity contribution in [2.24, 2.45) is 20.8 Å². The summed E-state index contributed by atoms with van der Waals surface area (Å²) in [7, 11) is -10.8. The molecule has 2 rings (SSSR count). The van der Waals surface area contributed by atoms with E-state index in [1.54, 1.807) is 12.1 Å². The van der Waals surface area contributed by atoms with Crippen molar-refractivity contribution in [3.63, 3.8) is 0 Å². The van der Waals surface area contributed by atoms with E-state index in [9.17, 15) is 28.7 Å². The van der Waals surface area contributed by atoms with Gasteiger partial charge < -0.3 is 25.3 Å². The summed E-state index contributed by atoms with van der Waals surface area (Å²) in [6.45, 7) is 0.701. The third-order valence-corrected chi connectivity index (χ3v) is 7.99. The van der Waals surface area contributed by atoms with Crippen molar-refractivity contribution >= 4 is 21.5 Å². The van der Waals surface area contributed by atoms with E-state index in [1.165, 1.54) is 12.1 Å². The van der Waals surface area contributed by atoms with Gasteiger partial charge in [0.2, 0.25) is 4.90 Å². The standard InChI is InChI=1S/C10H15N5O6P2/c1-9(22(16,17)18,23(19,20)21)10(15-12-6-11)13-7-4-2-3-5-8(7)14-10/h2-6,15H,1H3,(H2,11,12)(H2,16,17,18)(H2,19,20,21). The molecule has 7 N–H and O–H groups in total. The van der Waals surface area contributed by atoms with Gasteiger partial charge in [0.1, 0.15) is 6.34 Å². The van der Waals surface area contributed by atoms with E-state index >= 15 is 0 Å². The van der Waals surface area contributed by atoms with E-state index < -0.39 is 25.9 Å². The number of para-hydroxylation sites is 2. The van der Waals surface area contributed by atoms with Gasteiger partial charge >= 0.3 is 15.2 Å². The molecule has 0 saturated carbocycles. The smallest absolute Gasteiger partial charge is 0.350 e. The maximum absolute atomic E-state index is 12.0. The number of hydrogen-bond acceptors (Lipinski definition) is 6. The zero-order valence-electron chi connectivity index (χ0n) is 11.8. The maximum Gasteiger partial charge on any atom is 0.350 e. The van der Waals surface area contributed by atoms with Gasteiger partial charge in [0, 0.05) is 0 Å². The van der Waals surface area contributed by atoms with Crippen LogP contribution in [0, 0.1) is 0 Å². The highest BCUT2D eigenvalue weighted by Gasteiger charge is 2.71. The molecule has 0 radical (unpaired) electrons. The molecular weight excluding hydrogens is 348 g/mol. The lowest BCUT2D eigenvalue weighted by atomic mass is 10.2. The summed E-state index contributed by atoms with van der Waals surface area (Å²) < 4.78 is 23.9. The van der Waals surface area contributed by atoms with Crippen LogP contribution in [0.1, 0.15) is 6.92 Å². The number of hydrazone groups is 1. The van der Waals surface area contributed by atoms with Gasteiger partial charge in [-0.25, -0.2) is 9.98 Å². The Bertz CT molecular complexity index is 802. The molecule has 13 heteroatoms. The summed E-state index contributed by atoms with van der Waals surface area (Å²) in [4.78, 5) is 43.6. The van der Waals surface area contributed by atoms with Crippen LogP contribution >= 0.6 is 15.2 Å². The van der Waals surface area contributed by atoms with E-state index in [1.807, 2.05) is 0 Å². The van der Waals surface area contributed by atoms with Crippen LogP contribution in [-0.2, 0) is 9.13 Å². The van der Waals surface area contributed by atoms with Crippen molar-refractivity contribution in [3.05, 3.63) is 35.0 Å². The number of fused-ring (bicyclic) bond motifs is 1. The lowest BCUT2D eigenvalue weighted by Gasteiger charge is -2.40. The average molecular weight is 363 g/mol. The Morgan fingerprint density at radius 2 is 1.61 bits per heavy atom. The fourth-order valence-electron chi connectivity index (χ4n) is 2.10. The monoisotopic (exact) mass is 363 g/mol. The number of hydrogen-bond donors (Lipinski definition) is 6. The fourth-order valence-corrected chi connectivity index (χ4v) is 4.57. The Balaban J connectivity index is 2.87. The molecule has 1 aliphatic heterocycles. The number of nitrogens with two attached hydrogens (primary N) is 1. The molecule has 23 heavy (non-hydrogen) atoms. The molecule has 0 aromatic heterocycles. The molecule has 0 spiro atoms. The molecular formula is C10H15N5O6P2. The SMILES string of the molecule is CC(C1(NN=CN)N=c2ccccc2=N1)(P(=O)(O)O)P(=O)(O)O. The van der Waals surface area contributed by atoms with E-state index in [0.717, 1.165) is 6.34 Å². The zero-order valence-corrected chi connectivity index (χ0v) is 13.6. The van der Waals surface area contributed by atoms with Crippen molar-refractivity contribution in [1.82, 2.24) is 5.43 Å². The third-order valence-electron chi connectivity index (χ3n) is 3.54. The van der Waals surface area contributed by atoms with E-state index in [-0.39, 0.29) is 10.7 Å². The second kappa shape index (κ2) is 5.48. The van der Waals surface area contributed by atoms with Crippen molar-refractivity contribution in [3.8, 4) is 0 Å². The Labute approximate surface area is 130 Å². The normalized spacial score (nSPS) is 17.4. The predicted molar refractivity (Wildman–Crippen MR) is 79.8 cm³/mol. The quantitative estimate of drug-likeness (QED) is 0.152. The first-order chi connectivity index (χ1) is 10.5. The first-order valence-electron chi connectivity index (χ1n) is 6.15. The van der Waals surface area contributed by atoms with E-state index in [2.05, 4.69) is 20.5 Å². The third kappa shape index (κ3) is 2.61. The van der Waals surface area contributed by atoms with Crippen LogP contribution in [0.4, 0.5) is 0 Å². The van der Waals surface area contributed by atoms with Crippen molar-refractivity contribution < 1.29 is 28.7 Å². The van der Waals surface area contributed by atoms with E-state index in [4.69, 9.17) is 5.73 Å². The minimum absolute atomic E-state index is 0.195. The Morgan fingerprint density at radius 3 is 1.96 bits per heavy atom. The van der Waals surface area contributed by atoms with Gasteiger partial charge in [0.25, 0.3) is 5.79 Å². The van der Waals surface area contributed by atoms with Crippen molar-refractivity contribution in [1.29, 1.82) is 0 Å². The van der Waals surface area contributed by atoms with Crippen LogP contribution in [0.3, 0.4) is 0 Å². The maximum atomic E-state index is 12.0. The van der Waals surface area contributed by atoms with Crippen LogP contribution < -0.4 is 21.9 Å². The average Bonchev–Trinajstić information content (AvgIpc) is 2.81. The van der Waals surface area contributed by atoms with Crippen LogP contribution in [0.2, 0.25) is 0 Å². The Morgan fingerprint density at radius 1 is 1.17 bits per heavy atom. The van der Waals surface area contributed by atoms with Crippen LogP contribution in [0.25, 0.3) is 0 Å². The number of nitrogens with zero attached hydrogens (tertiary/aromatic N) is 3. The second-order valence-corrected chi connectivity index (χ2v) is 9.20. The highest BCUT2D eigenvalue weighted by Crippen LogP contribution is 2.73. The van der Waals surface area contributed by atoms with Crippen molar-refractivity contribution in [2.45, 2.75) is 17.6 Å². The Hall–Kier alpha value is -1.61. The van der Waals surface area contributed by atoms with Crippen LogP contribution in [-0.4, -0.2) is 36.6 Å². The molecule has 0 aliphatic carbocycles. The molecule has 11 nitrogen and oxygen atoms in total. The molecule has 0 fully saturated rings. The lowest BCUT2D eigenvalue weighted by molar-refractivity contribution is 0.230. The van der Waals surface area contributed by atoms with Crippen molar-refractivity contribution in [2.75, 3.05) is 0 Å². The topological polar surface area (TPSA) is 190 Å². The summed E-state index contributed by atoms with van der Waals surface area (Å²) in [5, 5.41) is 3.82. The first-order valence-corrected chi connectivity index (χ1v) is 9.37. The molecule has 1 aliphatic rings. The van der Waals surface area contributed by atoms with Gasteiger partial charge in [-0.2, -0.15) is 5.10 Å². The first kappa shape index (κ1) is 17.7.